The molecule has 18 heavy (non-hydrogen) atoms. The molecule has 1 N–H and O–H groups in total. The predicted octanol–water partition coefficient (Wildman–Crippen LogP) is 4.78. The van der Waals surface area contributed by atoms with Crippen LogP contribution in [0, 0.1) is 6.92 Å². The van der Waals surface area contributed by atoms with Gasteiger partial charge < -0.3 is 4.98 Å². The van der Waals surface area contributed by atoms with E-state index in [0.717, 1.165) is 0 Å². The van der Waals surface area contributed by atoms with Gasteiger partial charge in [0.05, 0.1) is 0 Å². The van der Waals surface area contributed by atoms with E-state index >= 15 is 0 Å². The van der Waals surface area contributed by atoms with Gasteiger partial charge in [-0.2, -0.15) is 0 Å². The van der Waals surface area contributed by atoms with E-state index in [2.05, 4.69) is 66.5 Å². The lowest BCUT2D eigenvalue weighted by atomic mass is 10.0. The van der Waals surface area contributed by atoms with Gasteiger partial charge in [-0.25, -0.2) is 0 Å². The molecule has 4 aromatic rings. The summed E-state index contributed by atoms with van der Waals surface area (Å²) in [6.07, 6.45) is 0. The quantitative estimate of drug-likeness (QED) is 0.448. The van der Waals surface area contributed by atoms with Crippen LogP contribution in [-0.4, -0.2) is 4.98 Å². The first-order valence-electron chi connectivity index (χ1n) is 6.23. The van der Waals surface area contributed by atoms with Crippen LogP contribution in [0.15, 0.2) is 54.6 Å². The summed E-state index contributed by atoms with van der Waals surface area (Å²) in [7, 11) is 0. The summed E-state index contributed by atoms with van der Waals surface area (Å²) >= 11 is 0. The van der Waals surface area contributed by atoms with Crippen LogP contribution in [0.2, 0.25) is 0 Å². The molecular weight excluding hydrogens is 218 g/mol. The Morgan fingerprint density at radius 3 is 2.39 bits per heavy atom. The Labute approximate surface area is 105 Å². The summed E-state index contributed by atoms with van der Waals surface area (Å²) in [6.45, 7) is 2.17. The van der Waals surface area contributed by atoms with Crippen LogP contribution < -0.4 is 0 Å². The molecule has 1 nitrogen and oxygen atoms in total. The summed E-state index contributed by atoms with van der Waals surface area (Å²) in [5, 5.41) is 5.25. The highest BCUT2D eigenvalue weighted by Crippen LogP contribution is 2.31. The van der Waals surface area contributed by atoms with E-state index in [0.29, 0.717) is 0 Å². The first-order valence-corrected chi connectivity index (χ1v) is 6.23. The molecule has 0 atom stereocenters. The fourth-order valence-electron chi connectivity index (χ4n) is 2.83. The number of aromatic nitrogens is 1. The van der Waals surface area contributed by atoms with Gasteiger partial charge in [-0.15, -0.1) is 0 Å². The number of hydrogen-bond acceptors (Lipinski definition) is 0. The van der Waals surface area contributed by atoms with E-state index in [4.69, 9.17) is 0 Å². The molecule has 1 aromatic heterocycles. The Balaban J connectivity index is 2.29. The first kappa shape index (κ1) is 9.72. The van der Waals surface area contributed by atoms with Crippen molar-refractivity contribution >= 4 is 32.6 Å². The maximum Gasteiger partial charge on any atom is 0.0471 e. The molecule has 86 valence electrons. The van der Waals surface area contributed by atoms with Crippen LogP contribution in [-0.2, 0) is 0 Å². The normalized spacial score (nSPS) is 11.6. The minimum Gasteiger partial charge on any atom is -0.354 e. The van der Waals surface area contributed by atoms with Gasteiger partial charge in [-0.05, 0) is 41.5 Å². The van der Waals surface area contributed by atoms with Crippen molar-refractivity contribution in [2.45, 2.75) is 6.92 Å². The topological polar surface area (TPSA) is 15.8 Å². The lowest BCUT2D eigenvalue weighted by Crippen LogP contribution is -1.74. The molecule has 1 heterocycles. The molecule has 0 aliphatic heterocycles. The van der Waals surface area contributed by atoms with Gasteiger partial charge in [-0.1, -0.05) is 36.4 Å². The average molecular weight is 231 g/mol. The van der Waals surface area contributed by atoms with Crippen LogP contribution in [0.3, 0.4) is 0 Å². The van der Waals surface area contributed by atoms with Gasteiger partial charge in [0.1, 0.15) is 0 Å². The molecule has 4 rings (SSSR count). The third-order valence-electron chi connectivity index (χ3n) is 3.70. The zero-order valence-corrected chi connectivity index (χ0v) is 10.2. The standard InChI is InChI=1S/C17H13N/c1-11-5-4-8-15-17(11)14-9-12-6-2-3-7-13(12)10-16(14)18-15/h2-10,18H,1H3. The average Bonchev–Trinajstić information content (AvgIpc) is 2.74. The number of aromatic amines is 1. The van der Waals surface area contributed by atoms with Crippen LogP contribution in [0.1, 0.15) is 5.56 Å². The maximum absolute atomic E-state index is 3.51. The lowest BCUT2D eigenvalue weighted by molar-refractivity contribution is 1.51. The number of nitrogens with one attached hydrogen (secondary N) is 1. The smallest absolute Gasteiger partial charge is 0.0471 e. The monoisotopic (exact) mass is 231 g/mol. The molecule has 3 aromatic carbocycles. The summed E-state index contributed by atoms with van der Waals surface area (Å²) in [5.41, 5.74) is 3.77. The third-order valence-corrected chi connectivity index (χ3v) is 3.70. The molecule has 0 saturated heterocycles. The predicted molar refractivity (Wildman–Crippen MR) is 78.0 cm³/mol. The van der Waals surface area contributed by atoms with Crippen molar-refractivity contribution < 1.29 is 0 Å². The van der Waals surface area contributed by atoms with Crippen LogP contribution >= 0.6 is 0 Å². The molecular formula is C17H13N. The van der Waals surface area contributed by atoms with E-state index in [1.807, 2.05) is 0 Å². The molecule has 0 aliphatic carbocycles. The second-order valence-corrected chi connectivity index (χ2v) is 4.87. The van der Waals surface area contributed by atoms with Gasteiger partial charge in [-0.3, -0.25) is 0 Å². The molecule has 0 aliphatic rings. The third kappa shape index (κ3) is 1.22. The second kappa shape index (κ2) is 3.36. The summed E-state index contributed by atoms with van der Waals surface area (Å²) in [5.74, 6) is 0. The van der Waals surface area contributed by atoms with Gasteiger partial charge in [0.25, 0.3) is 0 Å². The van der Waals surface area contributed by atoms with Crippen molar-refractivity contribution in [3.63, 3.8) is 0 Å². The SMILES string of the molecule is Cc1cccc2[nH]c3cc4ccccc4cc3c12. The van der Waals surface area contributed by atoms with Crippen molar-refractivity contribution in [2.75, 3.05) is 0 Å². The fraction of sp³-hybridized carbons (Fsp3) is 0.0588. The molecule has 1 heteroatoms. The van der Waals surface area contributed by atoms with Crippen molar-refractivity contribution in [3.05, 3.63) is 60.2 Å². The minimum absolute atomic E-state index is 1.22. The summed E-state index contributed by atoms with van der Waals surface area (Å²) in [4.78, 5) is 3.51. The maximum atomic E-state index is 3.51. The number of H-pyrrole nitrogens is 1. The number of rotatable bonds is 0. The Hall–Kier alpha value is -2.28. The number of fused-ring (bicyclic) bond motifs is 4. The molecule has 0 radical (unpaired) electrons. The Bertz CT molecular complexity index is 884. The van der Waals surface area contributed by atoms with Crippen molar-refractivity contribution in [1.82, 2.24) is 4.98 Å². The molecule has 0 unspecified atom stereocenters. The van der Waals surface area contributed by atoms with E-state index in [1.165, 1.54) is 38.1 Å². The zero-order valence-electron chi connectivity index (χ0n) is 10.2. The first-order chi connectivity index (χ1) is 8.83. The molecule has 0 spiro atoms. The van der Waals surface area contributed by atoms with Crippen molar-refractivity contribution in [3.8, 4) is 0 Å². The number of benzene rings is 3. The minimum atomic E-state index is 1.22. The lowest BCUT2D eigenvalue weighted by Gasteiger charge is -1.99. The molecule has 0 fully saturated rings. The van der Waals surface area contributed by atoms with Crippen molar-refractivity contribution in [1.29, 1.82) is 0 Å². The molecule has 0 bridgehead atoms. The van der Waals surface area contributed by atoms with E-state index < -0.39 is 0 Å². The Kier molecular flexibility index (Phi) is 1.81. The van der Waals surface area contributed by atoms with E-state index in [1.54, 1.807) is 0 Å². The largest absolute Gasteiger partial charge is 0.354 e. The van der Waals surface area contributed by atoms with Crippen LogP contribution in [0.5, 0.6) is 0 Å². The summed E-state index contributed by atoms with van der Waals surface area (Å²) in [6, 6.07) is 19.5. The van der Waals surface area contributed by atoms with Gasteiger partial charge in [0, 0.05) is 21.8 Å². The van der Waals surface area contributed by atoms with Gasteiger partial charge >= 0.3 is 0 Å². The van der Waals surface area contributed by atoms with Crippen LogP contribution in [0.25, 0.3) is 32.6 Å². The highest BCUT2D eigenvalue weighted by atomic mass is 14.7. The Morgan fingerprint density at radius 1 is 0.778 bits per heavy atom. The summed E-state index contributed by atoms with van der Waals surface area (Å²) < 4.78 is 0. The zero-order chi connectivity index (χ0) is 12.1. The highest BCUT2D eigenvalue weighted by Gasteiger charge is 2.07. The molecule has 0 amide bonds. The van der Waals surface area contributed by atoms with E-state index in [9.17, 15) is 0 Å². The van der Waals surface area contributed by atoms with E-state index in [-0.39, 0.29) is 0 Å². The van der Waals surface area contributed by atoms with Gasteiger partial charge in [0.2, 0.25) is 0 Å². The number of hydrogen-bond donors (Lipinski definition) is 1. The second-order valence-electron chi connectivity index (χ2n) is 4.87. The Morgan fingerprint density at radius 2 is 1.56 bits per heavy atom. The van der Waals surface area contributed by atoms with Gasteiger partial charge in [0.15, 0.2) is 0 Å². The highest BCUT2D eigenvalue weighted by molar-refractivity contribution is 6.13. The molecule has 0 saturated carbocycles. The number of aryl methyl sites for hydroxylation is 1. The fourth-order valence-corrected chi connectivity index (χ4v) is 2.83. The van der Waals surface area contributed by atoms with Crippen molar-refractivity contribution in [2.24, 2.45) is 0 Å². The van der Waals surface area contributed by atoms with Crippen LogP contribution in [0.4, 0.5) is 0 Å².